The van der Waals surface area contributed by atoms with Crippen molar-refractivity contribution in [2.45, 2.75) is 24.7 Å². The number of fused-ring (bicyclic) bond motifs is 1. The average molecular weight is 416 g/mol. The molecule has 1 amide bonds. The lowest BCUT2D eigenvalue weighted by Crippen LogP contribution is -2.45. The second kappa shape index (κ2) is 8.55. The molecular weight excluding hydrogens is 394 g/mol. The summed E-state index contributed by atoms with van der Waals surface area (Å²) >= 11 is 7.63. The van der Waals surface area contributed by atoms with E-state index < -0.39 is 0 Å². The summed E-state index contributed by atoms with van der Waals surface area (Å²) in [5, 5.41) is 1.49. The molecule has 1 aliphatic rings. The molecule has 3 aromatic rings. The zero-order chi connectivity index (χ0) is 19.5. The number of halogens is 1. The van der Waals surface area contributed by atoms with Gasteiger partial charge in [-0.15, -0.1) is 0 Å². The molecule has 0 aliphatic carbocycles. The molecule has 146 valence electrons. The molecule has 1 saturated heterocycles. The van der Waals surface area contributed by atoms with Crippen molar-refractivity contribution in [1.29, 1.82) is 0 Å². The van der Waals surface area contributed by atoms with Crippen LogP contribution in [-0.2, 0) is 16.1 Å². The second-order valence-electron chi connectivity index (χ2n) is 6.91. The van der Waals surface area contributed by atoms with Gasteiger partial charge in [-0.25, -0.2) is 4.98 Å². The quantitative estimate of drug-likeness (QED) is 0.589. The Hall–Kier alpha value is -2.02. The number of carbonyl (C=O) groups is 1. The molecule has 0 saturated carbocycles. The lowest BCUT2D eigenvalue weighted by atomic mass is 10.2. The predicted octanol–water partition coefficient (Wildman–Crippen LogP) is 4.08. The first-order chi connectivity index (χ1) is 13.6. The van der Waals surface area contributed by atoms with E-state index in [1.165, 1.54) is 17.3 Å². The molecule has 1 atom stereocenters. The molecule has 0 spiro atoms. The Morgan fingerprint density at radius 3 is 2.89 bits per heavy atom. The highest BCUT2D eigenvalue weighted by atomic mass is 35.5. The topological polar surface area (TPSA) is 47.4 Å². The number of ether oxygens (including phenoxy) is 1. The van der Waals surface area contributed by atoms with Gasteiger partial charge < -0.3 is 14.2 Å². The highest BCUT2D eigenvalue weighted by molar-refractivity contribution is 7.99. The van der Waals surface area contributed by atoms with Crippen LogP contribution in [-0.4, -0.2) is 51.9 Å². The van der Waals surface area contributed by atoms with E-state index in [9.17, 15) is 4.79 Å². The smallest absolute Gasteiger partial charge is 0.233 e. The molecule has 0 radical (unpaired) electrons. The SMILES string of the molecule is CC1CN(C(=O)CSc2nc3cc(Cl)ccc3n2Cc2ccccc2)CCO1. The van der Waals surface area contributed by atoms with E-state index in [0.717, 1.165) is 16.2 Å². The van der Waals surface area contributed by atoms with E-state index in [1.807, 2.05) is 48.2 Å². The molecule has 2 aromatic carbocycles. The third kappa shape index (κ3) is 4.35. The highest BCUT2D eigenvalue weighted by Gasteiger charge is 2.22. The maximum atomic E-state index is 12.6. The molecule has 2 heterocycles. The van der Waals surface area contributed by atoms with Gasteiger partial charge in [-0.3, -0.25) is 4.79 Å². The Bertz CT molecular complexity index is 976. The third-order valence-electron chi connectivity index (χ3n) is 4.78. The van der Waals surface area contributed by atoms with Crippen LogP contribution >= 0.6 is 23.4 Å². The largest absolute Gasteiger partial charge is 0.375 e. The van der Waals surface area contributed by atoms with E-state index in [0.29, 0.717) is 37.0 Å². The van der Waals surface area contributed by atoms with Crippen molar-refractivity contribution >= 4 is 40.3 Å². The maximum absolute atomic E-state index is 12.6. The van der Waals surface area contributed by atoms with Gasteiger partial charge in [0.05, 0.1) is 36.0 Å². The fourth-order valence-electron chi connectivity index (χ4n) is 3.37. The number of amides is 1. The molecule has 1 aliphatic heterocycles. The van der Waals surface area contributed by atoms with Crippen molar-refractivity contribution in [1.82, 2.24) is 14.5 Å². The van der Waals surface area contributed by atoms with Crippen molar-refractivity contribution in [3.05, 3.63) is 59.1 Å². The van der Waals surface area contributed by atoms with Crippen molar-refractivity contribution in [2.75, 3.05) is 25.4 Å². The molecule has 1 unspecified atom stereocenters. The Labute approximate surface area is 173 Å². The van der Waals surface area contributed by atoms with Crippen LogP contribution in [0.25, 0.3) is 11.0 Å². The van der Waals surface area contributed by atoms with Gasteiger partial charge in [0.15, 0.2) is 5.16 Å². The zero-order valence-electron chi connectivity index (χ0n) is 15.7. The van der Waals surface area contributed by atoms with Gasteiger partial charge in [0.2, 0.25) is 5.91 Å². The molecular formula is C21H22ClN3O2S. The number of imidazole rings is 1. The molecule has 0 bridgehead atoms. The fourth-order valence-corrected chi connectivity index (χ4v) is 4.46. The summed E-state index contributed by atoms with van der Waals surface area (Å²) in [6.07, 6.45) is 0.0903. The number of hydrogen-bond donors (Lipinski definition) is 0. The van der Waals surface area contributed by atoms with Gasteiger partial charge in [0.25, 0.3) is 0 Å². The van der Waals surface area contributed by atoms with Crippen LogP contribution in [0.2, 0.25) is 5.02 Å². The molecule has 4 rings (SSSR count). The number of carbonyl (C=O) groups excluding carboxylic acids is 1. The van der Waals surface area contributed by atoms with E-state index in [1.54, 1.807) is 0 Å². The van der Waals surface area contributed by atoms with E-state index in [4.69, 9.17) is 21.3 Å². The number of nitrogens with zero attached hydrogens (tertiary/aromatic N) is 3. The summed E-state index contributed by atoms with van der Waals surface area (Å²) < 4.78 is 7.68. The maximum Gasteiger partial charge on any atom is 0.233 e. The third-order valence-corrected chi connectivity index (χ3v) is 5.97. The van der Waals surface area contributed by atoms with Gasteiger partial charge in [0, 0.05) is 18.1 Å². The predicted molar refractivity (Wildman–Crippen MR) is 113 cm³/mol. The number of thioether (sulfide) groups is 1. The van der Waals surface area contributed by atoms with Gasteiger partial charge in [0.1, 0.15) is 0 Å². The van der Waals surface area contributed by atoms with Crippen LogP contribution in [0.1, 0.15) is 12.5 Å². The van der Waals surface area contributed by atoms with Crippen LogP contribution in [0, 0.1) is 0 Å². The van der Waals surface area contributed by atoms with Crippen LogP contribution < -0.4 is 0 Å². The summed E-state index contributed by atoms with van der Waals surface area (Å²) in [7, 11) is 0. The molecule has 28 heavy (non-hydrogen) atoms. The Balaban J connectivity index is 1.57. The number of aromatic nitrogens is 2. The minimum absolute atomic E-state index is 0.0903. The Kier molecular flexibility index (Phi) is 5.90. The fraction of sp³-hybridized carbons (Fsp3) is 0.333. The minimum atomic E-state index is 0.0903. The van der Waals surface area contributed by atoms with Crippen LogP contribution in [0.15, 0.2) is 53.7 Å². The first-order valence-corrected chi connectivity index (χ1v) is 10.7. The molecule has 1 aromatic heterocycles. The first kappa shape index (κ1) is 19.3. The number of hydrogen-bond acceptors (Lipinski definition) is 4. The normalized spacial score (nSPS) is 17.2. The number of morpholine rings is 1. The van der Waals surface area contributed by atoms with Crippen molar-refractivity contribution in [3.8, 4) is 0 Å². The van der Waals surface area contributed by atoms with E-state index in [-0.39, 0.29) is 12.0 Å². The van der Waals surface area contributed by atoms with Crippen molar-refractivity contribution in [3.63, 3.8) is 0 Å². The second-order valence-corrected chi connectivity index (χ2v) is 8.29. The van der Waals surface area contributed by atoms with Gasteiger partial charge in [-0.2, -0.15) is 0 Å². The summed E-state index contributed by atoms with van der Waals surface area (Å²) in [6, 6.07) is 16.0. The van der Waals surface area contributed by atoms with Crippen molar-refractivity contribution in [2.24, 2.45) is 0 Å². The molecule has 0 N–H and O–H groups in total. The summed E-state index contributed by atoms with van der Waals surface area (Å²) in [5.41, 5.74) is 3.05. The van der Waals surface area contributed by atoms with Crippen LogP contribution in [0.5, 0.6) is 0 Å². The van der Waals surface area contributed by atoms with Crippen molar-refractivity contribution < 1.29 is 9.53 Å². The zero-order valence-corrected chi connectivity index (χ0v) is 17.2. The molecule has 1 fully saturated rings. The Morgan fingerprint density at radius 2 is 2.11 bits per heavy atom. The lowest BCUT2D eigenvalue weighted by molar-refractivity contribution is -0.135. The minimum Gasteiger partial charge on any atom is -0.375 e. The summed E-state index contributed by atoms with van der Waals surface area (Å²) in [5.74, 6) is 0.481. The monoisotopic (exact) mass is 415 g/mol. The van der Waals surface area contributed by atoms with E-state index >= 15 is 0 Å². The highest BCUT2D eigenvalue weighted by Crippen LogP contribution is 2.27. The van der Waals surface area contributed by atoms with Crippen LogP contribution in [0.4, 0.5) is 0 Å². The van der Waals surface area contributed by atoms with E-state index in [2.05, 4.69) is 16.7 Å². The van der Waals surface area contributed by atoms with Gasteiger partial charge in [-0.1, -0.05) is 53.7 Å². The lowest BCUT2D eigenvalue weighted by Gasteiger charge is -2.31. The summed E-state index contributed by atoms with van der Waals surface area (Å²) in [6.45, 7) is 4.59. The number of benzene rings is 2. The molecule has 5 nitrogen and oxygen atoms in total. The summed E-state index contributed by atoms with van der Waals surface area (Å²) in [4.78, 5) is 19.3. The van der Waals surface area contributed by atoms with Gasteiger partial charge >= 0.3 is 0 Å². The Morgan fingerprint density at radius 1 is 1.29 bits per heavy atom. The number of rotatable bonds is 5. The van der Waals surface area contributed by atoms with Gasteiger partial charge in [-0.05, 0) is 30.7 Å². The molecule has 7 heteroatoms. The van der Waals surface area contributed by atoms with Crippen LogP contribution in [0.3, 0.4) is 0 Å². The first-order valence-electron chi connectivity index (χ1n) is 9.32. The standard InChI is InChI=1S/C21H22ClN3O2S/c1-15-12-24(9-10-27-15)20(26)14-28-21-23-18-11-17(22)7-8-19(18)25(21)13-16-5-3-2-4-6-16/h2-8,11,15H,9-10,12-14H2,1H3. The average Bonchev–Trinajstić information content (AvgIpc) is 3.03.